The molecule has 3 heterocycles. The lowest BCUT2D eigenvalue weighted by atomic mass is 9.90. The van der Waals surface area contributed by atoms with E-state index in [2.05, 4.69) is 126 Å². The van der Waals surface area contributed by atoms with E-state index in [1.165, 1.54) is 42.1 Å². The van der Waals surface area contributed by atoms with E-state index >= 15 is 0 Å². The molecule has 9 rings (SSSR count). The SMILES string of the molecule is c1ccc(-c2nc(N3c4ccccc4-c4cccc5cc6c(sc7ccccc76)c3c45)nc3ccccc23)cc1. The number of thiophene rings is 1. The molecule has 3 nitrogen and oxygen atoms in total. The molecule has 0 N–H and O–H groups in total. The Labute approximate surface area is 234 Å². The Kier molecular flexibility index (Phi) is 4.48. The molecule has 1 aliphatic rings. The van der Waals surface area contributed by atoms with Crippen LogP contribution in [0.1, 0.15) is 0 Å². The van der Waals surface area contributed by atoms with Crippen LogP contribution in [0, 0.1) is 0 Å². The number of nitrogens with zero attached hydrogens (tertiary/aromatic N) is 3. The third-order valence-electron chi connectivity index (χ3n) is 7.98. The normalized spacial score (nSPS) is 12.4. The number of anilines is 3. The van der Waals surface area contributed by atoms with Crippen LogP contribution >= 0.6 is 11.3 Å². The van der Waals surface area contributed by atoms with Crippen molar-refractivity contribution < 1.29 is 0 Å². The molecular weight excluding hydrogens is 506 g/mol. The van der Waals surface area contributed by atoms with Crippen molar-refractivity contribution in [2.24, 2.45) is 0 Å². The van der Waals surface area contributed by atoms with E-state index in [0.717, 1.165) is 33.5 Å². The van der Waals surface area contributed by atoms with Gasteiger partial charge >= 0.3 is 0 Å². The maximum Gasteiger partial charge on any atom is 0.235 e. The first-order valence-corrected chi connectivity index (χ1v) is 14.3. The quantitative estimate of drug-likeness (QED) is 0.224. The van der Waals surface area contributed by atoms with Gasteiger partial charge in [0.25, 0.3) is 0 Å². The molecule has 0 atom stereocenters. The van der Waals surface area contributed by atoms with Crippen molar-refractivity contribution in [3.05, 3.63) is 127 Å². The Morgan fingerprint density at radius 3 is 2.25 bits per heavy atom. The second kappa shape index (κ2) is 8.22. The van der Waals surface area contributed by atoms with Crippen LogP contribution in [-0.2, 0) is 0 Å². The van der Waals surface area contributed by atoms with Crippen molar-refractivity contribution in [3.8, 4) is 22.4 Å². The summed E-state index contributed by atoms with van der Waals surface area (Å²) in [7, 11) is 0. The van der Waals surface area contributed by atoms with Gasteiger partial charge in [-0.15, -0.1) is 11.3 Å². The molecule has 0 amide bonds. The summed E-state index contributed by atoms with van der Waals surface area (Å²) in [5, 5.41) is 6.08. The molecule has 8 aromatic rings. The van der Waals surface area contributed by atoms with Crippen LogP contribution in [-0.4, -0.2) is 9.97 Å². The third-order valence-corrected chi connectivity index (χ3v) is 9.17. The van der Waals surface area contributed by atoms with Gasteiger partial charge in [0.05, 0.1) is 27.3 Å². The van der Waals surface area contributed by atoms with E-state index < -0.39 is 0 Å². The first-order valence-electron chi connectivity index (χ1n) is 13.4. The molecule has 0 aliphatic carbocycles. The molecule has 0 radical (unpaired) electrons. The van der Waals surface area contributed by atoms with E-state index in [1.807, 2.05) is 17.4 Å². The van der Waals surface area contributed by atoms with Crippen molar-refractivity contribution >= 4 is 70.5 Å². The van der Waals surface area contributed by atoms with Crippen molar-refractivity contribution in [2.75, 3.05) is 4.90 Å². The van der Waals surface area contributed by atoms with Crippen LogP contribution < -0.4 is 4.90 Å². The van der Waals surface area contributed by atoms with Crippen molar-refractivity contribution in [3.63, 3.8) is 0 Å². The van der Waals surface area contributed by atoms with Crippen molar-refractivity contribution in [1.82, 2.24) is 9.97 Å². The van der Waals surface area contributed by atoms with Crippen molar-refractivity contribution in [1.29, 1.82) is 0 Å². The number of rotatable bonds is 2. The molecular formula is C36H21N3S. The van der Waals surface area contributed by atoms with E-state index in [1.54, 1.807) is 0 Å². The average Bonchev–Trinajstić information content (AvgIpc) is 3.39. The summed E-state index contributed by atoms with van der Waals surface area (Å²) in [6, 6.07) is 45.1. The van der Waals surface area contributed by atoms with Gasteiger partial charge in [0.15, 0.2) is 0 Å². The Bertz CT molecular complexity index is 2280. The van der Waals surface area contributed by atoms with Crippen LogP contribution in [0.25, 0.3) is 64.2 Å². The van der Waals surface area contributed by atoms with Crippen LogP contribution in [0.5, 0.6) is 0 Å². The highest BCUT2D eigenvalue weighted by molar-refractivity contribution is 7.26. The van der Waals surface area contributed by atoms with Crippen LogP contribution in [0.3, 0.4) is 0 Å². The minimum absolute atomic E-state index is 0.686. The van der Waals surface area contributed by atoms with Gasteiger partial charge in [0.1, 0.15) is 0 Å². The summed E-state index contributed by atoms with van der Waals surface area (Å²) < 4.78 is 2.54. The first kappa shape index (κ1) is 21.8. The smallest absolute Gasteiger partial charge is 0.235 e. The molecule has 186 valence electrons. The molecule has 40 heavy (non-hydrogen) atoms. The number of fused-ring (bicyclic) bond motifs is 7. The van der Waals surface area contributed by atoms with Crippen molar-refractivity contribution in [2.45, 2.75) is 0 Å². The van der Waals surface area contributed by atoms with Crippen LogP contribution in [0.2, 0.25) is 0 Å². The topological polar surface area (TPSA) is 29.0 Å². The Balaban J connectivity index is 1.46. The zero-order chi connectivity index (χ0) is 26.2. The van der Waals surface area contributed by atoms with Gasteiger partial charge in [-0.1, -0.05) is 103 Å². The predicted molar refractivity (Wildman–Crippen MR) is 169 cm³/mol. The molecule has 4 heteroatoms. The van der Waals surface area contributed by atoms with Crippen LogP contribution in [0.4, 0.5) is 17.3 Å². The molecule has 0 spiro atoms. The zero-order valence-electron chi connectivity index (χ0n) is 21.4. The predicted octanol–water partition coefficient (Wildman–Crippen LogP) is 10.3. The molecule has 0 unspecified atom stereocenters. The molecule has 6 aromatic carbocycles. The van der Waals surface area contributed by atoms with Crippen LogP contribution in [0.15, 0.2) is 127 Å². The van der Waals surface area contributed by atoms with E-state index in [4.69, 9.17) is 9.97 Å². The standard InChI is InChI=1S/C36H21N3S/c1-2-11-22(12-3-1)33-27-16-4-7-18-29(27)37-36(38-33)39-30-19-8-5-14-24(30)26-17-10-13-23-21-28-25-15-6-9-20-31(25)40-35(28)34(39)32(23)26/h1-21H. The lowest BCUT2D eigenvalue weighted by molar-refractivity contribution is 1.12. The molecule has 0 bridgehead atoms. The highest BCUT2D eigenvalue weighted by Crippen LogP contribution is 2.55. The average molecular weight is 528 g/mol. The Hall–Kier alpha value is -5.06. The summed E-state index contributed by atoms with van der Waals surface area (Å²) >= 11 is 1.85. The zero-order valence-corrected chi connectivity index (χ0v) is 22.2. The number of hydrogen-bond acceptors (Lipinski definition) is 4. The summed E-state index contributed by atoms with van der Waals surface area (Å²) in [6.07, 6.45) is 0. The van der Waals surface area contributed by atoms with E-state index in [-0.39, 0.29) is 0 Å². The van der Waals surface area contributed by atoms with Gasteiger partial charge in [-0.05, 0) is 35.2 Å². The summed E-state index contributed by atoms with van der Waals surface area (Å²) in [5.74, 6) is 0.686. The van der Waals surface area contributed by atoms with Gasteiger partial charge in [-0.2, -0.15) is 0 Å². The molecule has 2 aromatic heterocycles. The highest BCUT2D eigenvalue weighted by Gasteiger charge is 2.31. The lowest BCUT2D eigenvalue weighted by Gasteiger charge is -2.32. The van der Waals surface area contributed by atoms with Gasteiger partial charge in [0, 0.05) is 37.4 Å². The highest BCUT2D eigenvalue weighted by atomic mass is 32.1. The maximum atomic E-state index is 5.33. The fourth-order valence-corrected chi connectivity index (χ4v) is 7.47. The van der Waals surface area contributed by atoms with Gasteiger partial charge in [-0.25, -0.2) is 9.97 Å². The second-order valence-corrected chi connectivity index (χ2v) is 11.3. The number of hydrogen-bond donors (Lipinski definition) is 0. The van der Waals surface area contributed by atoms with Gasteiger partial charge < -0.3 is 0 Å². The third kappa shape index (κ3) is 2.99. The largest absolute Gasteiger partial charge is 0.276 e. The maximum absolute atomic E-state index is 5.33. The minimum Gasteiger partial charge on any atom is -0.276 e. The van der Waals surface area contributed by atoms with E-state index in [0.29, 0.717) is 5.95 Å². The summed E-state index contributed by atoms with van der Waals surface area (Å²) in [4.78, 5) is 12.9. The number of aromatic nitrogens is 2. The van der Waals surface area contributed by atoms with Gasteiger partial charge in [-0.3, -0.25) is 4.90 Å². The second-order valence-electron chi connectivity index (χ2n) is 10.2. The molecule has 0 saturated heterocycles. The minimum atomic E-state index is 0.686. The number of para-hydroxylation sites is 2. The Morgan fingerprint density at radius 2 is 1.32 bits per heavy atom. The monoisotopic (exact) mass is 527 g/mol. The molecule has 0 fully saturated rings. The first-order chi connectivity index (χ1) is 19.8. The number of benzene rings is 6. The van der Waals surface area contributed by atoms with Gasteiger partial charge in [0.2, 0.25) is 5.95 Å². The fourth-order valence-electron chi connectivity index (χ4n) is 6.25. The summed E-state index contributed by atoms with van der Waals surface area (Å²) in [6.45, 7) is 0. The lowest BCUT2D eigenvalue weighted by Crippen LogP contribution is -2.18. The molecule has 0 saturated carbocycles. The molecule has 1 aliphatic heterocycles. The fraction of sp³-hybridized carbons (Fsp3) is 0. The summed E-state index contributed by atoms with van der Waals surface area (Å²) in [5.41, 5.74) is 7.67. The Morgan fingerprint density at radius 1 is 0.575 bits per heavy atom. The van der Waals surface area contributed by atoms with E-state index in [9.17, 15) is 0 Å².